The second-order valence-corrected chi connectivity index (χ2v) is 7.76. The van der Waals surface area contributed by atoms with Gasteiger partial charge in [0.2, 0.25) is 5.91 Å². The molecule has 0 atom stereocenters. The molecule has 1 fully saturated rings. The van der Waals surface area contributed by atoms with E-state index >= 15 is 0 Å². The van der Waals surface area contributed by atoms with Gasteiger partial charge in [0, 0.05) is 32.7 Å². The second kappa shape index (κ2) is 10.1. The van der Waals surface area contributed by atoms with E-state index in [-0.39, 0.29) is 5.91 Å². The van der Waals surface area contributed by atoms with Crippen molar-refractivity contribution in [3.05, 3.63) is 58.3 Å². The minimum atomic E-state index is -0.448. The highest BCUT2D eigenvalue weighted by atomic mass is 32.1. The van der Waals surface area contributed by atoms with Crippen LogP contribution in [0.15, 0.2) is 47.8 Å². The number of hydrogen-bond donors (Lipinski definition) is 1. The molecule has 7 heteroatoms. The lowest BCUT2D eigenvalue weighted by molar-refractivity contribution is -0.126. The molecule has 0 spiro atoms. The third kappa shape index (κ3) is 5.74. The van der Waals surface area contributed by atoms with Crippen molar-refractivity contribution >= 4 is 28.9 Å². The maximum atomic E-state index is 12.4. The molecule has 0 radical (unpaired) electrons. The van der Waals surface area contributed by atoms with Gasteiger partial charge < -0.3 is 10.2 Å². The summed E-state index contributed by atoms with van der Waals surface area (Å²) in [6.45, 7) is 3.26. The van der Waals surface area contributed by atoms with E-state index in [9.17, 15) is 14.4 Å². The molecule has 0 aliphatic carbocycles. The van der Waals surface area contributed by atoms with Gasteiger partial charge in [-0.25, -0.2) is 0 Å². The van der Waals surface area contributed by atoms with Crippen LogP contribution in [0, 0.1) is 0 Å². The van der Waals surface area contributed by atoms with Crippen LogP contribution in [0.25, 0.3) is 0 Å². The Labute approximate surface area is 169 Å². The maximum absolute atomic E-state index is 12.4. The lowest BCUT2D eigenvalue weighted by atomic mass is 10.1. The maximum Gasteiger partial charge on any atom is 0.295 e. The molecule has 0 saturated carbocycles. The largest absolute Gasteiger partial charge is 0.355 e. The molecule has 1 N–H and O–H groups in total. The van der Waals surface area contributed by atoms with Crippen LogP contribution in [0.2, 0.25) is 0 Å². The van der Waals surface area contributed by atoms with Crippen molar-refractivity contribution in [2.75, 3.05) is 39.3 Å². The SMILES string of the molecule is O=C(CN1CCCN(C(=O)C(=O)c2cccs2)CC1)NCCc1ccccc1. The van der Waals surface area contributed by atoms with E-state index in [1.807, 2.05) is 35.2 Å². The van der Waals surface area contributed by atoms with Gasteiger partial charge in [-0.15, -0.1) is 11.3 Å². The number of carbonyl (C=O) groups excluding carboxylic acids is 3. The molecule has 1 aliphatic heterocycles. The molecule has 2 amide bonds. The van der Waals surface area contributed by atoms with E-state index in [1.54, 1.807) is 22.4 Å². The monoisotopic (exact) mass is 399 g/mol. The molecule has 0 bridgehead atoms. The average molecular weight is 400 g/mol. The molecule has 1 aromatic heterocycles. The molecule has 1 saturated heterocycles. The number of carbonyl (C=O) groups is 3. The molecule has 6 nitrogen and oxygen atoms in total. The number of Topliss-reactive ketones (excluding diaryl/α,β-unsaturated/α-hetero) is 1. The molecule has 2 aromatic rings. The van der Waals surface area contributed by atoms with Crippen LogP contribution in [0.3, 0.4) is 0 Å². The van der Waals surface area contributed by atoms with Crippen LogP contribution in [0.1, 0.15) is 21.7 Å². The van der Waals surface area contributed by atoms with Crippen molar-refractivity contribution in [3.63, 3.8) is 0 Å². The summed E-state index contributed by atoms with van der Waals surface area (Å²) in [4.78, 5) is 41.0. The number of rotatable bonds is 7. The molecule has 28 heavy (non-hydrogen) atoms. The lowest BCUT2D eigenvalue weighted by Crippen LogP contribution is -2.41. The van der Waals surface area contributed by atoms with Gasteiger partial charge in [0.15, 0.2) is 0 Å². The number of ketones is 1. The Balaban J connectivity index is 1.41. The number of nitrogens with zero attached hydrogens (tertiary/aromatic N) is 2. The van der Waals surface area contributed by atoms with Gasteiger partial charge in [-0.05, 0) is 29.9 Å². The standard InChI is InChI=1S/C21H25N3O3S/c25-19(22-10-9-17-6-2-1-3-7-17)16-23-11-5-12-24(14-13-23)21(27)20(26)18-8-4-15-28-18/h1-4,6-8,15H,5,9-14,16H2,(H,22,25). The van der Waals surface area contributed by atoms with Crippen molar-refractivity contribution in [1.29, 1.82) is 0 Å². The fourth-order valence-electron chi connectivity index (χ4n) is 3.24. The summed E-state index contributed by atoms with van der Waals surface area (Å²) < 4.78 is 0. The van der Waals surface area contributed by atoms with E-state index in [0.29, 0.717) is 37.6 Å². The summed E-state index contributed by atoms with van der Waals surface area (Å²) in [5, 5.41) is 4.75. The third-order valence-electron chi connectivity index (χ3n) is 4.76. The number of hydrogen-bond acceptors (Lipinski definition) is 5. The molecule has 148 valence electrons. The Morgan fingerprint density at radius 3 is 2.54 bits per heavy atom. The van der Waals surface area contributed by atoms with Gasteiger partial charge >= 0.3 is 0 Å². The topological polar surface area (TPSA) is 69.7 Å². The number of amides is 2. The van der Waals surface area contributed by atoms with E-state index in [1.165, 1.54) is 16.9 Å². The molecule has 0 unspecified atom stereocenters. The molecular weight excluding hydrogens is 374 g/mol. The summed E-state index contributed by atoms with van der Waals surface area (Å²) in [6, 6.07) is 13.5. The van der Waals surface area contributed by atoms with Gasteiger partial charge in [-0.2, -0.15) is 0 Å². The molecule has 1 aromatic carbocycles. The summed E-state index contributed by atoms with van der Waals surface area (Å²) >= 11 is 1.28. The fraction of sp³-hybridized carbons (Fsp3) is 0.381. The zero-order valence-corrected chi connectivity index (χ0v) is 16.6. The summed E-state index contributed by atoms with van der Waals surface area (Å²) in [7, 11) is 0. The van der Waals surface area contributed by atoms with Crippen molar-refractivity contribution in [2.45, 2.75) is 12.8 Å². The Morgan fingerprint density at radius 1 is 0.964 bits per heavy atom. The first-order chi connectivity index (χ1) is 13.6. The van der Waals surface area contributed by atoms with Crippen LogP contribution >= 0.6 is 11.3 Å². The Morgan fingerprint density at radius 2 is 1.79 bits per heavy atom. The quantitative estimate of drug-likeness (QED) is 0.570. The van der Waals surface area contributed by atoms with E-state index in [0.717, 1.165) is 19.4 Å². The highest BCUT2D eigenvalue weighted by molar-refractivity contribution is 7.13. The van der Waals surface area contributed by atoms with Crippen LogP contribution in [-0.4, -0.2) is 66.7 Å². The van der Waals surface area contributed by atoms with Gasteiger partial charge in [-0.3, -0.25) is 19.3 Å². The van der Waals surface area contributed by atoms with Gasteiger partial charge in [0.1, 0.15) is 0 Å². The Bertz CT molecular complexity index is 792. The van der Waals surface area contributed by atoms with Crippen LogP contribution in [0.5, 0.6) is 0 Å². The average Bonchev–Trinajstić information content (AvgIpc) is 3.15. The lowest BCUT2D eigenvalue weighted by Gasteiger charge is -2.21. The van der Waals surface area contributed by atoms with E-state index in [2.05, 4.69) is 5.32 Å². The predicted octanol–water partition coefficient (Wildman–Crippen LogP) is 1.82. The minimum absolute atomic E-state index is 0.00892. The summed E-state index contributed by atoms with van der Waals surface area (Å²) in [5.41, 5.74) is 1.20. The Kier molecular flexibility index (Phi) is 7.33. The summed E-state index contributed by atoms with van der Waals surface area (Å²) in [5.74, 6) is -0.899. The van der Waals surface area contributed by atoms with E-state index < -0.39 is 11.7 Å². The van der Waals surface area contributed by atoms with E-state index in [4.69, 9.17) is 0 Å². The smallest absolute Gasteiger partial charge is 0.295 e. The number of nitrogens with one attached hydrogen (secondary N) is 1. The number of benzene rings is 1. The molecule has 1 aliphatic rings. The fourth-order valence-corrected chi connectivity index (χ4v) is 3.89. The first kappa shape index (κ1) is 20.2. The second-order valence-electron chi connectivity index (χ2n) is 6.81. The van der Waals surface area contributed by atoms with Crippen molar-refractivity contribution in [1.82, 2.24) is 15.1 Å². The highest BCUT2D eigenvalue weighted by Crippen LogP contribution is 2.12. The van der Waals surface area contributed by atoms with Crippen molar-refractivity contribution in [3.8, 4) is 0 Å². The molecular formula is C21H25N3O3S. The summed E-state index contributed by atoms with van der Waals surface area (Å²) in [6.07, 6.45) is 1.56. The Hall–Kier alpha value is -2.51. The van der Waals surface area contributed by atoms with Crippen LogP contribution < -0.4 is 5.32 Å². The van der Waals surface area contributed by atoms with Crippen LogP contribution in [-0.2, 0) is 16.0 Å². The first-order valence-electron chi connectivity index (χ1n) is 9.53. The normalized spacial score (nSPS) is 15.1. The third-order valence-corrected chi connectivity index (χ3v) is 5.63. The number of thiophene rings is 1. The van der Waals surface area contributed by atoms with Crippen molar-refractivity contribution in [2.24, 2.45) is 0 Å². The minimum Gasteiger partial charge on any atom is -0.355 e. The van der Waals surface area contributed by atoms with Gasteiger partial charge in [-0.1, -0.05) is 36.4 Å². The van der Waals surface area contributed by atoms with Crippen molar-refractivity contribution < 1.29 is 14.4 Å². The molecule has 3 rings (SSSR count). The zero-order chi connectivity index (χ0) is 19.8. The zero-order valence-electron chi connectivity index (χ0n) is 15.8. The van der Waals surface area contributed by atoms with Gasteiger partial charge in [0.05, 0.1) is 11.4 Å². The predicted molar refractivity (Wildman–Crippen MR) is 109 cm³/mol. The van der Waals surface area contributed by atoms with Crippen LogP contribution in [0.4, 0.5) is 0 Å². The highest BCUT2D eigenvalue weighted by Gasteiger charge is 2.26. The van der Waals surface area contributed by atoms with Gasteiger partial charge in [0.25, 0.3) is 11.7 Å². The first-order valence-corrected chi connectivity index (χ1v) is 10.4. The molecule has 2 heterocycles.